The predicted molar refractivity (Wildman–Crippen MR) is 154 cm³/mol. The zero-order valence-corrected chi connectivity index (χ0v) is 22.5. The number of nitrogens with two attached hydrogens (primary N) is 3. The molecule has 0 spiro atoms. The van der Waals surface area contributed by atoms with E-state index >= 15 is 0 Å². The number of para-hydroxylation sites is 1. The van der Waals surface area contributed by atoms with Crippen LogP contribution in [0.1, 0.15) is 38.8 Å². The fourth-order valence-electron chi connectivity index (χ4n) is 5.73. The number of nitrogens with one attached hydrogen (secondary N) is 1. The summed E-state index contributed by atoms with van der Waals surface area (Å²) in [5.74, 6) is 0.877. The molecule has 3 atom stereocenters. The fraction of sp³-hybridized carbons (Fsp3) is 0.267. The van der Waals surface area contributed by atoms with Crippen LogP contribution in [0.5, 0.6) is 11.5 Å². The lowest BCUT2D eigenvalue weighted by atomic mass is 9.71. The van der Waals surface area contributed by atoms with Gasteiger partial charge in [-0.3, -0.25) is 9.59 Å². The Balaban J connectivity index is 1.34. The van der Waals surface area contributed by atoms with E-state index in [1.54, 1.807) is 12.1 Å². The van der Waals surface area contributed by atoms with Gasteiger partial charge in [-0.05, 0) is 61.5 Å². The zero-order valence-electron chi connectivity index (χ0n) is 21.6. The smallest absolute Gasteiger partial charge is 0.262 e. The molecule has 3 unspecified atom stereocenters. The molecule has 200 valence electrons. The Labute approximate surface area is 230 Å². The van der Waals surface area contributed by atoms with Crippen LogP contribution in [0.3, 0.4) is 0 Å². The first-order valence-corrected chi connectivity index (χ1v) is 13.8. The summed E-state index contributed by atoms with van der Waals surface area (Å²) in [5, 5.41) is 3.85. The molecular weight excluding hydrogens is 510 g/mol. The molecule has 0 bridgehead atoms. The Hall–Kier alpha value is -3.76. The van der Waals surface area contributed by atoms with Gasteiger partial charge in [-0.1, -0.05) is 36.4 Å². The third-order valence-electron chi connectivity index (χ3n) is 7.74. The highest BCUT2D eigenvalue weighted by Gasteiger charge is 2.47. The molecule has 1 amide bonds. The number of ether oxygens (including phenoxy) is 1. The van der Waals surface area contributed by atoms with E-state index in [-0.39, 0.29) is 24.2 Å². The first-order valence-electron chi connectivity index (χ1n) is 13.0. The normalized spacial score (nSPS) is 22.8. The average Bonchev–Trinajstić information content (AvgIpc) is 3.53. The van der Waals surface area contributed by atoms with Gasteiger partial charge in [0.15, 0.2) is 5.78 Å². The lowest BCUT2D eigenvalue weighted by Crippen LogP contribution is -2.53. The topological polar surface area (TPSA) is 137 Å². The van der Waals surface area contributed by atoms with E-state index in [4.69, 9.17) is 21.9 Å². The van der Waals surface area contributed by atoms with Crippen LogP contribution in [-0.4, -0.2) is 42.8 Å². The van der Waals surface area contributed by atoms with Gasteiger partial charge >= 0.3 is 0 Å². The highest BCUT2D eigenvalue weighted by molar-refractivity contribution is 7.21. The van der Waals surface area contributed by atoms with Crippen LogP contribution in [0, 0.1) is 0 Å². The van der Waals surface area contributed by atoms with E-state index in [0.717, 1.165) is 40.9 Å². The predicted octanol–water partition coefficient (Wildman–Crippen LogP) is 3.69. The standard InChI is InChI=1S/C30H31N5O3S/c1-35-14-13-18(16-35)34-29(37)27-24-23-21(11-12-22(31)26(23)39-27)30(33,28(36)25(24)32)15-17-7-9-20(10-8-17)38-19-5-3-2-4-6-19/h2-12,18,25H,13-16,31-33H2,1H3,(H,34,37). The molecule has 6 rings (SSSR count). The Kier molecular flexibility index (Phi) is 6.39. The van der Waals surface area contributed by atoms with Crippen LogP contribution in [-0.2, 0) is 16.8 Å². The van der Waals surface area contributed by atoms with Crippen molar-refractivity contribution in [2.45, 2.75) is 30.5 Å². The maximum Gasteiger partial charge on any atom is 0.262 e. The van der Waals surface area contributed by atoms with Gasteiger partial charge in [0.2, 0.25) is 0 Å². The van der Waals surface area contributed by atoms with Crippen molar-refractivity contribution in [1.82, 2.24) is 10.2 Å². The summed E-state index contributed by atoms with van der Waals surface area (Å²) in [6, 6.07) is 19.6. The number of benzene rings is 3. The number of hydrogen-bond donors (Lipinski definition) is 4. The van der Waals surface area contributed by atoms with Crippen molar-refractivity contribution >= 4 is 38.8 Å². The van der Waals surface area contributed by atoms with Gasteiger partial charge in [0.1, 0.15) is 17.0 Å². The third kappa shape index (κ3) is 4.47. The van der Waals surface area contributed by atoms with E-state index in [2.05, 4.69) is 10.2 Å². The Morgan fingerprint density at radius 2 is 1.82 bits per heavy atom. The molecular formula is C30H31N5O3S. The van der Waals surface area contributed by atoms with Gasteiger partial charge in [0.25, 0.3) is 5.91 Å². The number of likely N-dealkylation sites (tertiary alicyclic amines) is 1. The summed E-state index contributed by atoms with van der Waals surface area (Å²) in [6.07, 6.45) is 1.12. The van der Waals surface area contributed by atoms with Crippen LogP contribution in [0.4, 0.5) is 5.69 Å². The van der Waals surface area contributed by atoms with E-state index in [1.807, 2.05) is 61.6 Å². The quantitative estimate of drug-likeness (QED) is 0.273. The fourth-order valence-corrected chi connectivity index (χ4v) is 6.94. The van der Waals surface area contributed by atoms with Crippen molar-refractivity contribution < 1.29 is 14.3 Å². The van der Waals surface area contributed by atoms with Crippen molar-refractivity contribution in [1.29, 1.82) is 0 Å². The molecule has 8 nitrogen and oxygen atoms in total. The van der Waals surface area contributed by atoms with E-state index in [0.29, 0.717) is 27.4 Å². The number of ketones is 1. The first kappa shape index (κ1) is 25.5. The summed E-state index contributed by atoms with van der Waals surface area (Å²) >= 11 is 1.28. The van der Waals surface area contributed by atoms with Gasteiger partial charge in [0, 0.05) is 35.6 Å². The zero-order chi connectivity index (χ0) is 27.3. The molecule has 1 aromatic heterocycles. The molecule has 1 aliphatic heterocycles. The van der Waals surface area contributed by atoms with E-state index in [9.17, 15) is 9.59 Å². The minimum Gasteiger partial charge on any atom is -0.457 e. The molecule has 1 saturated heterocycles. The van der Waals surface area contributed by atoms with Crippen molar-refractivity contribution in [3.63, 3.8) is 0 Å². The highest BCUT2D eigenvalue weighted by Crippen LogP contribution is 2.48. The number of carbonyl (C=O) groups excluding carboxylic acids is 2. The number of rotatable bonds is 6. The molecule has 0 radical (unpaired) electrons. The molecule has 4 aromatic rings. The maximum atomic E-state index is 13.9. The van der Waals surface area contributed by atoms with Crippen LogP contribution in [0.25, 0.3) is 10.1 Å². The molecule has 1 fully saturated rings. The maximum absolute atomic E-state index is 13.9. The number of amides is 1. The molecule has 0 saturated carbocycles. The SMILES string of the molecule is CN1CCC(NC(=O)c2sc3c(N)ccc4c3c2C(N)C(=O)C4(N)Cc2ccc(Oc3ccccc3)cc2)C1. The molecule has 2 aliphatic rings. The summed E-state index contributed by atoms with van der Waals surface area (Å²) in [4.78, 5) is 29.9. The van der Waals surface area contributed by atoms with E-state index in [1.165, 1.54) is 11.3 Å². The molecule has 3 aromatic carbocycles. The lowest BCUT2D eigenvalue weighted by molar-refractivity contribution is -0.126. The number of nitrogens with zero attached hydrogens (tertiary/aromatic N) is 1. The monoisotopic (exact) mass is 541 g/mol. The second-order valence-corrected chi connectivity index (χ2v) is 11.5. The van der Waals surface area contributed by atoms with Crippen LogP contribution < -0.4 is 27.3 Å². The lowest BCUT2D eigenvalue weighted by Gasteiger charge is -2.36. The Morgan fingerprint density at radius 3 is 2.51 bits per heavy atom. The summed E-state index contributed by atoms with van der Waals surface area (Å²) < 4.78 is 6.64. The number of nitrogen functional groups attached to an aromatic ring is 1. The summed E-state index contributed by atoms with van der Waals surface area (Å²) in [7, 11) is 2.03. The van der Waals surface area contributed by atoms with Crippen LogP contribution >= 0.6 is 11.3 Å². The van der Waals surface area contributed by atoms with Gasteiger partial charge in [-0.25, -0.2) is 0 Å². The molecule has 39 heavy (non-hydrogen) atoms. The van der Waals surface area contributed by atoms with Gasteiger partial charge < -0.3 is 32.2 Å². The number of hydrogen-bond acceptors (Lipinski definition) is 8. The largest absolute Gasteiger partial charge is 0.457 e. The van der Waals surface area contributed by atoms with E-state index < -0.39 is 11.6 Å². The third-order valence-corrected chi connectivity index (χ3v) is 8.99. The summed E-state index contributed by atoms with van der Waals surface area (Å²) in [6.45, 7) is 1.71. The Morgan fingerprint density at radius 1 is 1.10 bits per heavy atom. The number of thiophene rings is 1. The Bertz CT molecular complexity index is 1570. The number of likely N-dealkylation sites (N-methyl/N-ethyl adjacent to an activating group) is 1. The second-order valence-electron chi connectivity index (χ2n) is 10.5. The molecule has 2 heterocycles. The minimum absolute atomic E-state index is 0.0506. The minimum atomic E-state index is -1.37. The van der Waals surface area contributed by atoms with Gasteiger partial charge in [0.05, 0.1) is 15.6 Å². The number of carbonyl (C=O) groups is 2. The van der Waals surface area contributed by atoms with Crippen LogP contribution in [0.2, 0.25) is 0 Å². The highest BCUT2D eigenvalue weighted by atomic mass is 32.1. The van der Waals surface area contributed by atoms with Crippen molar-refractivity contribution in [2.75, 3.05) is 25.9 Å². The number of Topliss-reactive ketones (excluding diaryl/α,β-unsaturated/α-hetero) is 1. The van der Waals surface area contributed by atoms with Crippen LogP contribution in [0.15, 0.2) is 66.7 Å². The molecule has 9 heteroatoms. The van der Waals surface area contributed by atoms with Gasteiger partial charge in [-0.15, -0.1) is 11.3 Å². The summed E-state index contributed by atoms with van der Waals surface area (Å²) in [5.41, 5.74) is 21.1. The molecule has 7 N–H and O–H groups in total. The van der Waals surface area contributed by atoms with Crippen molar-refractivity contribution in [3.8, 4) is 11.5 Å². The molecule has 1 aliphatic carbocycles. The van der Waals surface area contributed by atoms with Crippen molar-refractivity contribution in [3.05, 3.63) is 88.3 Å². The van der Waals surface area contributed by atoms with Crippen molar-refractivity contribution in [2.24, 2.45) is 11.5 Å². The van der Waals surface area contributed by atoms with Gasteiger partial charge in [-0.2, -0.15) is 0 Å². The number of anilines is 1. The first-order chi connectivity index (χ1) is 18.7. The average molecular weight is 542 g/mol. The second kappa shape index (κ2) is 9.77.